The maximum absolute atomic E-state index is 12.1. The Morgan fingerprint density at radius 2 is 1.97 bits per heavy atom. The number of aliphatic hydroxyl groups is 1. The molecule has 0 saturated heterocycles. The Hall–Kier alpha value is -2.93. The lowest BCUT2D eigenvalue weighted by atomic mass is 10.0. The number of hydrogen-bond donors (Lipinski definition) is 3. The first kappa shape index (κ1) is 22.7. The van der Waals surface area contributed by atoms with Crippen LogP contribution in [-0.2, 0) is 4.74 Å². The van der Waals surface area contributed by atoms with Gasteiger partial charge in [-0.2, -0.15) is 0 Å². The molecule has 0 bridgehead atoms. The van der Waals surface area contributed by atoms with Crippen molar-refractivity contribution >= 4 is 23.3 Å². The smallest absolute Gasteiger partial charge is 0.338 e. The van der Waals surface area contributed by atoms with Crippen LogP contribution in [0.4, 0.5) is 5.69 Å². The van der Waals surface area contributed by atoms with Gasteiger partial charge in [-0.15, -0.1) is 0 Å². The summed E-state index contributed by atoms with van der Waals surface area (Å²) in [5, 5.41) is 17.7. The molecule has 0 aliphatic heterocycles. The number of aromatic nitrogens is 1. The van der Waals surface area contributed by atoms with Gasteiger partial charge in [-0.25, -0.2) is 4.79 Å². The molecule has 0 unspecified atom stereocenters. The summed E-state index contributed by atoms with van der Waals surface area (Å²) < 4.78 is 4.87. The highest BCUT2D eigenvalue weighted by atomic mass is 35.5. The van der Waals surface area contributed by atoms with E-state index in [0.29, 0.717) is 29.2 Å². The van der Waals surface area contributed by atoms with Crippen LogP contribution in [0.2, 0.25) is 5.02 Å². The molecule has 0 saturated carbocycles. The van der Waals surface area contributed by atoms with Crippen LogP contribution in [0, 0.1) is 0 Å². The molecule has 3 rings (SSSR count). The van der Waals surface area contributed by atoms with Gasteiger partial charge in [0.05, 0.1) is 18.8 Å². The molecule has 1 heterocycles. The van der Waals surface area contributed by atoms with E-state index in [4.69, 9.17) is 16.3 Å². The molecule has 2 aromatic carbocycles. The molecule has 2 atom stereocenters. The zero-order chi connectivity index (χ0) is 22.2. The lowest BCUT2D eigenvalue weighted by Crippen LogP contribution is -2.35. The summed E-state index contributed by atoms with van der Waals surface area (Å²) in [7, 11) is 1.36. The second kappa shape index (κ2) is 10.9. The number of carbonyl (C=O) groups is 1. The Kier molecular flexibility index (Phi) is 8.00. The molecular formula is C24H26ClN3O3. The standard InChI is InChI=1S/C24H26ClN3O3/c1-16(27-15-23(29)18-6-3-7-19(25)11-18)13-28-20-8-4-5-17(12-20)22-14-26-10-9-21(22)24(30)31-2/h3-12,14,16,23,27-29H,13,15H2,1-2H3/t16-,23+/m1/s1. The predicted molar refractivity (Wildman–Crippen MR) is 123 cm³/mol. The first-order valence-corrected chi connectivity index (χ1v) is 10.4. The Bertz CT molecular complexity index is 1030. The third-order valence-electron chi connectivity index (χ3n) is 4.91. The van der Waals surface area contributed by atoms with Gasteiger partial charge in [-0.3, -0.25) is 4.98 Å². The number of methoxy groups -OCH3 is 1. The minimum absolute atomic E-state index is 0.113. The summed E-state index contributed by atoms with van der Waals surface area (Å²) >= 11 is 5.99. The largest absolute Gasteiger partial charge is 0.465 e. The van der Waals surface area contributed by atoms with Crippen molar-refractivity contribution in [3.63, 3.8) is 0 Å². The van der Waals surface area contributed by atoms with Crippen LogP contribution in [-0.4, -0.2) is 42.3 Å². The Morgan fingerprint density at radius 3 is 2.74 bits per heavy atom. The molecule has 3 N–H and O–H groups in total. The number of anilines is 1. The van der Waals surface area contributed by atoms with E-state index in [1.165, 1.54) is 7.11 Å². The normalized spacial score (nSPS) is 12.8. The van der Waals surface area contributed by atoms with Gasteiger partial charge in [0, 0.05) is 47.8 Å². The molecule has 162 valence electrons. The Morgan fingerprint density at radius 1 is 1.16 bits per heavy atom. The van der Waals surface area contributed by atoms with E-state index >= 15 is 0 Å². The summed E-state index contributed by atoms with van der Waals surface area (Å²) in [5.74, 6) is -0.396. The van der Waals surface area contributed by atoms with Crippen LogP contribution >= 0.6 is 11.6 Å². The lowest BCUT2D eigenvalue weighted by molar-refractivity contribution is 0.0601. The van der Waals surface area contributed by atoms with E-state index in [2.05, 4.69) is 15.6 Å². The zero-order valence-corrected chi connectivity index (χ0v) is 18.3. The fourth-order valence-corrected chi connectivity index (χ4v) is 3.40. The van der Waals surface area contributed by atoms with E-state index in [-0.39, 0.29) is 6.04 Å². The monoisotopic (exact) mass is 439 g/mol. The van der Waals surface area contributed by atoms with E-state index in [9.17, 15) is 9.90 Å². The quantitative estimate of drug-likeness (QED) is 0.431. The number of nitrogens with one attached hydrogen (secondary N) is 2. The van der Waals surface area contributed by atoms with Crippen LogP contribution in [0.1, 0.15) is 28.9 Å². The SMILES string of the molecule is COC(=O)c1ccncc1-c1cccc(NC[C@@H](C)NC[C@H](O)c2cccc(Cl)c2)c1. The molecule has 0 radical (unpaired) electrons. The van der Waals surface area contributed by atoms with E-state index in [0.717, 1.165) is 16.8 Å². The van der Waals surface area contributed by atoms with Gasteiger partial charge in [-0.1, -0.05) is 35.9 Å². The maximum atomic E-state index is 12.1. The zero-order valence-electron chi connectivity index (χ0n) is 17.5. The summed E-state index contributed by atoms with van der Waals surface area (Å²) in [6.07, 6.45) is 2.60. The van der Waals surface area contributed by atoms with Gasteiger partial charge in [0.25, 0.3) is 0 Å². The van der Waals surface area contributed by atoms with Crippen LogP contribution in [0.3, 0.4) is 0 Å². The first-order valence-electron chi connectivity index (χ1n) is 10.0. The van der Waals surface area contributed by atoms with Crippen molar-refractivity contribution in [2.24, 2.45) is 0 Å². The van der Waals surface area contributed by atoms with Gasteiger partial charge >= 0.3 is 5.97 Å². The minimum atomic E-state index is -0.633. The van der Waals surface area contributed by atoms with Crippen LogP contribution in [0.15, 0.2) is 67.0 Å². The van der Waals surface area contributed by atoms with Crippen LogP contribution in [0.5, 0.6) is 0 Å². The Balaban J connectivity index is 1.59. The molecule has 0 fully saturated rings. The highest BCUT2D eigenvalue weighted by molar-refractivity contribution is 6.30. The fraction of sp³-hybridized carbons (Fsp3) is 0.250. The summed E-state index contributed by atoms with van der Waals surface area (Å²) in [4.78, 5) is 16.2. The van der Waals surface area contributed by atoms with Crippen molar-refractivity contribution in [1.29, 1.82) is 0 Å². The first-order chi connectivity index (χ1) is 15.0. The molecule has 1 aromatic heterocycles. The fourth-order valence-electron chi connectivity index (χ4n) is 3.20. The molecule has 0 spiro atoms. The molecule has 7 heteroatoms. The molecule has 0 aliphatic carbocycles. The third kappa shape index (κ3) is 6.28. The molecule has 0 aliphatic rings. The van der Waals surface area contributed by atoms with Crippen LogP contribution < -0.4 is 10.6 Å². The highest BCUT2D eigenvalue weighted by Crippen LogP contribution is 2.26. The number of carbonyl (C=O) groups excluding carboxylic acids is 1. The number of aliphatic hydroxyl groups excluding tert-OH is 1. The second-order valence-corrected chi connectivity index (χ2v) is 7.69. The third-order valence-corrected chi connectivity index (χ3v) is 5.14. The maximum Gasteiger partial charge on any atom is 0.338 e. The van der Waals surface area contributed by atoms with Gasteiger partial charge in [0.1, 0.15) is 0 Å². The average molecular weight is 440 g/mol. The molecule has 0 amide bonds. The molecule has 31 heavy (non-hydrogen) atoms. The molecule has 3 aromatic rings. The number of hydrogen-bond acceptors (Lipinski definition) is 6. The average Bonchev–Trinajstić information content (AvgIpc) is 2.80. The summed E-state index contributed by atoms with van der Waals surface area (Å²) in [6.45, 7) is 3.11. The van der Waals surface area contributed by atoms with Gasteiger partial charge in [0.2, 0.25) is 0 Å². The number of esters is 1. The minimum Gasteiger partial charge on any atom is -0.465 e. The summed E-state index contributed by atoms with van der Waals surface area (Å²) in [5.41, 5.74) is 3.76. The van der Waals surface area contributed by atoms with Gasteiger partial charge in [-0.05, 0) is 48.4 Å². The van der Waals surface area contributed by atoms with Crippen molar-refractivity contribution in [1.82, 2.24) is 10.3 Å². The second-order valence-electron chi connectivity index (χ2n) is 7.25. The Labute approximate surface area is 187 Å². The van der Waals surface area contributed by atoms with Crippen molar-refractivity contribution in [3.8, 4) is 11.1 Å². The topological polar surface area (TPSA) is 83.5 Å². The number of pyridine rings is 1. The highest BCUT2D eigenvalue weighted by Gasteiger charge is 2.14. The molecule has 6 nitrogen and oxygen atoms in total. The van der Waals surface area contributed by atoms with E-state index in [1.54, 1.807) is 30.6 Å². The van der Waals surface area contributed by atoms with Crippen molar-refractivity contribution < 1.29 is 14.6 Å². The number of benzene rings is 2. The van der Waals surface area contributed by atoms with E-state index < -0.39 is 12.1 Å². The van der Waals surface area contributed by atoms with Crippen molar-refractivity contribution in [3.05, 3.63) is 83.1 Å². The lowest BCUT2D eigenvalue weighted by Gasteiger charge is -2.19. The predicted octanol–water partition coefficient (Wildman–Crippen LogP) is 4.31. The van der Waals surface area contributed by atoms with Crippen LogP contribution in [0.25, 0.3) is 11.1 Å². The number of rotatable bonds is 9. The van der Waals surface area contributed by atoms with E-state index in [1.807, 2.05) is 43.3 Å². The van der Waals surface area contributed by atoms with Gasteiger partial charge in [0.15, 0.2) is 0 Å². The summed E-state index contributed by atoms with van der Waals surface area (Å²) in [6, 6.07) is 16.8. The van der Waals surface area contributed by atoms with Crippen molar-refractivity contribution in [2.75, 3.05) is 25.5 Å². The number of ether oxygens (including phenoxy) is 1. The number of halogens is 1. The van der Waals surface area contributed by atoms with Crippen molar-refractivity contribution in [2.45, 2.75) is 19.1 Å². The van der Waals surface area contributed by atoms with Gasteiger partial charge < -0.3 is 20.5 Å². The number of nitrogens with zero attached hydrogens (tertiary/aromatic N) is 1. The molecular weight excluding hydrogens is 414 g/mol.